The molecule has 9 heteroatoms. The highest BCUT2D eigenvalue weighted by Crippen LogP contribution is 2.30. The summed E-state index contributed by atoms with van der Waals surface area (Å²) in [5.74, 6) is 1.68. The number of hydrogen-bond donors (Lipinski definition) is 0. The van der Waals surface area contributed by atoms with Crippen LogP contribution in [0.25, 0.3) is 10.8 Å². The van der Waals surface area contributed by atoms with Crippen molar-refractivity contribution in [1.29, 1.82) is 0 Å². The largest absolute Gasteiger partial charge is 0.331 e. The molecule has 1 atom stereocenters. The molecular formula is C22H21N3O4S2. The Morgan fingerprint density at radius 2 is 1.68 bits per heavy atom. The number of imide groups is 1. The van der Waals surface area contributed by atoms with Crippen molar-refractivity contribution in [3.8, 4) is 0 Å². The summed E-state index contributed by atoms with van der Waals surface area (Å²) in [6.45, 7) is 0.720. The first-order chi connectivity index (χ1) is 15.1. The number of hydrogen-bond acceptors (Lipinski definition) is 6. The molecule has 2 aromatic rings. The number of rotatable bonds is 4. The van der Waals surface area contributed by atoms with E-state index in [0.29, 0.717) is 40.6 Å². The van der Waals surface area contributed by atoms with E-state index < -0.39 is 6.04 Å². The summed E-state index contributed by atoms with van der Waals surface area (Å²) in [6, 6.07) is 10.3. The van der Waals surface area contributed by atoms with Gasteiger partial charge in [0.2, 0.25) is 11.8 Å². The smallest absolute Gasteiger partial charge is 0.261 e. The van der Waals surface area contributed by atoms with E-state index >= 15 is 0 Å². The van der Waals surface area contributed by atoms with Crippen molar-refractivity contribution in [3.63, 3.8) is 0 Å². The number of carbonyl (C=O) groups is 4. The molecular weight excluding hydrogens is 434 g/mol. The zero-order chi connectivity index (χ0) is 21.5. The highest BCUT2D eigenvalue weighted by atomic mass is 32.2. The Hall–Kier alpha value is -2.52. The van der Waals surface area contributed by atoms with Crippen LogP contribution in [0.5, 0.6) is 0 Å². The zero-order valence-electron chi connectivity index (χ0n) is 16.8. The third-order valence-electron chi connectivity index (χ3n) is 5.96. The average molecular weight is 456 g/mol. The summed E-state index contributed by atoms with van der Waals surface area (Å²) in [7, 11) is 0. The number of benzene rings is 2. The quantitative estimate of drug-likeness (QED) is 0.658. The molecule has 7 nitrogen and oxygen atoms in total. The van der Waals surface area contributed by atoms with E-state index in [0.717, 1.165) is 16.0 Å². The molecule has 0 radical (unpaired) electrons. The van der Waals surface area contributed by atoms with Gasteiger partial charge in [0.15, 0.2) is 0 Å². The van der Waals surface area contributed by atoms with Gasteiger partial charge in [-0.1, -0.05) is 24.3 Å². The minimum atomic E-state index is -0.460. The van der Waals surface area contributed by atoms with Crippen LogP contribution in [0.3, 0.4) is 0 Å². The van der Waals surface area contributed by atoms with Gasteiger partial charge in [-0.3, -0.25) is 24.1 Å². The molecule has 2 fully saturated rings. The lowest BCUT2D eigenvalue weighted by Gasteiger charge is -2.29. The van der Waals surface area contributed by atoms with E-state index in [1.807, 2.05) is 12.1 Å². The normalized spacial score (nSPS) is 20.8. The maximum Gasteiger partial charge on any atom is 0.261 e. The Labute approximate surface area is 188 Å². The predicted molar refractivity (Wildman–Crippen MR) is 121 cm³/mol. The van der Waals surface area contributed by atoms with E-state index in [4.69, 9.17) is 0 Å². The molecule has 0 unspecified atom stereocenters. The lowest BCUT2D eigenvalue weighted by atomic mass is 9.94. The summed E-state index contributed by atoms with van der Waals surface area (Å²) in [4.78, 5) is 56.3. The van der Waals surface area contributed by atoms with Gasteiger partial charge in [-0.05, 0) is 17.5 Å². The van der Waals surface area contributed by atoms with Crippen molar-refractivity contribution in [3.05, 3.63) is 47.5 Å². The first-order valence-corrected chi connectivity index (χ1v) is 12.5. The van der Waals surface area contributed by atoms with Crippen molar-refractivity contribution in [2.75, 3.05) is 36.3 Å². The molecule has 0 N–H and O–H groups in total. The minimum absolute atomic E-state index is 0.00284. The van der Waals surface area contributed by atoms with Gasteiger partial charge in [0.1, 0.15) is 6.04 Å². The Kier molecular flexibility index (Phi) is 5.39. The minimum Gasteiger partial charge on any atom is -0.331 e. The van der Waals surface area contributed by atoms with Crippen LogP contribution in [-0.4, -0.2) is 80.7 Å². The van der Waals surface area contributed by atoms with Gasteiger partial charge in [-0.2, -0.15) is 0 Å². The van der Waals surface area contributed by atoms with Crippen molar-refractivity contribution in [2.45, 2.75) is 12.5 Å². The van der Waals surface area contributed by atoms with Gasteiger partial charge in [-0.25, -0.2) is 0 Å². The summed E-state index contributed by atoms with van der Waals surface area (Å²) < 4.78 is 0. The van der Waals surface area contributed by atoms with Gasteiger partial charge in [0, 0.05) is 47.5 Å². The van der Waals surface area contributed by atoms with Crippen molar-refractivity contribution in [1.82, 2.24) is 14.7 Å². The van der Waals surface area contributed by atoms with E-state index in [2.05, 4.69) is 0 Å². The molecule has 3 heterocycles. The fourth-order valence-corrected chi connectivity index (χ4v) is 6.45. The highest BCUT2D eigenvalue weighted by Gasteiger charge is 2.39. The predicted octanol–water partition coefficient (Wildman–Crippen LogP) is 2.26. The number of carbonyl (C=O) groups excluding carboxylic acids is 4. The van der Waals surface area contributed by atoms with Gasteiger partial charge in [0.25, 0.3) is 11.8 Å². The van der Waals surface area contributed by atoms with Crippen LogP contribution in [0.15, 0.2) is 36.4 Å². The molecule has 31 heavy (non-hydrogen) atoms. The standard InChI is InChI=1S/C22H21N3O4S2/c26-18(25-13-31-11-17(25)22(29)23-9-10-30-12-23)7-8-24-20(27)15-5-1-3-14-4-2-6-16(19(14)15)21(24)28/h1-6,17H,7-13H2/t17-/m0/s1. The second-order valence-electron chi connectivity index (χ2n) is 7.74. The van der Waals surface area contributed by atoms with E-state index in [-0.39, 0.29) is 36.6 Å². The molecule has 5 rings (SSSR count). The van der Waals surface area contributed by atoms with Crippen LogP contribution < -0.4 is 0 Å². The number of amides is 4. The molecule has 0 aliphatic carbocycles. The maximum absolute atomic E-state index is 13.0. The Balaban J connectivity index is 1.31. The maximum atomic E-state index is 13.0. The van der Waals surface area contributed by atoms with Crippen molar-refractivity contribution < 1.29 is 19.2 Å². The number of thioether (sulfide) groups is 2. The average Bonchev–Trinajstić information content (AvgIpc) is 3.49. The van der Waals surface area contributed by atoms with Crippen molar-refractivity contribution >= 4 is 57.9 Å². The lowest BCUT2D eigenvalue weighted by molar-refractivity contribution is -0.142. The van der Waals surface area contributed by atoms with Crippen LogP contribution in [0.2, 0.25) is 0 Å². The van der Waals surface area contributed by atoms with Gasteiger partial charge in [-0.15, -0.1) is 23.5 Å². The van der Waals surface area contributed by atoms with Crippen LogP contribution in [0.1, 0.15) is 27.1 Å². The molecule has 2 aromatic carbocycles. The second-order valence-corrected chi connectivity index (χ2v) is 9.81. The molecule has 2 saturated heterocycles. The van der Waals surface area contributed by atoms with Gasteiger partial charge >= 0.3 is 0 Å². The van der Waals surface area contributed by atoms with Crippen molar-refractivity contribution in [2.24, 2.45) is 0 Å². The zero-order valence-corrected chi connectivity index (χ0v) is 18.4. The monoisotopic (exact) mass is 455 g/mol. The lowest BCUT2D eigenvalue weighted by Crippen LogP contribution is -2.49. The topological polar surface area (TPSA) is 78.0 Å². The molecule has 4 amide bonds. The molecule has 0 saturated carbocycles. The summed E-state index contributed by atoms with van der Waals surface area (Å²) in [5, 5.41) is 1.52. The summed E-state index contributed by atoms with van der Waals surface area (Å²) in [5.41, 5.74) is 0.966. The molecule has 3 aliphatic heterocycles. The third kappa shape index (κ3) is 3.49. The van der Waals surface area contributed by atoms with Gasteiger partial charge < -0.3 is 9.80 Å². The fourth-order valence-electron chi connectivity index (χ4n) is 4.33. The Bertz CT molecular complexity index is 1050. The van der Waals surface area contributed by atoms with E-state index in [1.165, 1.54) is 0 Å². The van der Waals surface area contributed by atoms with Crippen LogP contribution >= 0.6 is 23.5 Å². The molecule has 0 bridgehead atoms. The Morgan fingerprint density at radius 3 is 2.32 bits per heavy atom. The molecule has 0 aromatic heterocycles. The van der Waals surface area contributed by atoms with Crippen LogP contribution in [0, 0.1) is 0 Å². The fraction of sp³-hybridized carbons (Fsp3) is 0.364. The number of nitrogens with zero attached hydrogens (tertiary/aromatic N) is 3. The van der Waals surface area contributed by atoms with Crippen LogP contribution in [0.4, 0.5) is 0 Å². The third-order valence-corrected chi connectivity index (χ3v) is 7.93. The van der Waals surface area contributed by atoms with Crippen LogP contribution in [-0.2, 0) is 9.59 Å². The first kappa shape index (κ1) is 20.4. The van der Waals surface area contributed by atoms with E-state index in [1.54, 1.807) is 57.6 Å². The first-order valence-electron chi connectivity index (χ1n) is 10.2. The molecule has 160 valence electrons. The Morgan fingerprint density at radius 1 is 0.968 bits per heavy atom. The summed E-state index contributed by atoms with van der Waals surface area (Å²) in [6.07, 6.45) is 0.00864. The van der Waals surface area contributed by atoms with E-state index in [9.17, 15) is 19.2 Å². The SMILES string of the molecule is O=C([C@@H]1CSCN1C(=O)CCN1C(=O)c2cccc3cccc(c23)C1=O)N1CCSC1. The summed E-state index contributed by atoms with van der Waals surface area (Å²) >= 11 is 3.27. The molecule has 3 aliphatic rings. The molecule has 0 spiro atoms. The highest BCUT2D eigenvalue weighted by molar-refractivity contribution is 7.99. The second kappa shape index (κ2) is 8.20. The van der Waals surface area contributed by atoms with Gasteiger partial charge in [0.05, 0.1) is 11.8 Å².